The van der Waals surface area contributed by atoms with Crippen LogP contribution in [0.15, 0.2) is 42.5 Å². The molecule has 2 aromatic rings. The Balaban J connectivity index is 0.000000463. The monoisotopic (exact) mass is 438 g/mol. The van der Waals surface area contributed by atoms with Gasteiger partial charge in [-0.25, -0.2) is 0 Å². The van der Waals surface area contributed by atoms with E-state index in [-0.39, 0.29) is 0 Å². The Morgan fingerprint density at radius 2 is 1.52 bits per heavy atom. The summed E-state index contributed by atoms with van der Waals surface area (Å²) in [6.45, 7) is 5.05. The molecule has 0 heterocycles. The molecule has 0 aliphatic heterocycles. The van der Waals surface area contributed by atoms with Gasteiger partial charge >= 0.3 is 7.25 Å². The van der Waals surface area contributed by atoms with Crippen LogP contribution >= 0.6 is 22.6 Å². The van der Waals surface area contributed by atoms with Crippen molar-refractivity contribution in [2.24, 2.45) is 5.73 Å². The number of nitrogens with two attached hydrogens (primary N) is 1. The predicted molar refractivity (Wildman–Crippen MR) is 96.8 cm³/mol. The first-order chi connectivity index (χ1) is 10.6. The molecular weight excluding hydrogens is 420 g/mol. The molecule has 0 aliphatic carbocycles. The molecule has 0 unspecified atom stereocenters. The Bertz CT molecular complexity index is 621. The first-order valence-electron chi connectivity index (χ1n) is 7.08. The van der Waals surface area contributed by atoms with Gasteiger partial charge in [-0.15, -0.1) is 0 Å². The molecule has 0 fully saturated rings. The highest BCUT2D eigenvalue weighted by Crippen LogP contribution is 2.29. The number of hydrogen-bond donors (Lipinski definition) is 1. The maximum atomic E-state index is 9.75. The molecule has 0 radical (unpaired) electrons. The normalized spacial score (nSPS) is 11.2. The molecule has 0 amide bonds. The van der Waals surface area contributed by atoms with Gasteiger partial charge in [-0.3, -0.25) is 0 Å². The average Bonchev–Trinajstić information content (AvgIpc) is 2.46. The van der Waals surface area contributed by atoms with Gasteiger partial charge < -0.3 is 23.0 Å². The molecule has 0 aliphatic rings. The molecular formula is C16H18BF4IN-. The van der Waals surface area contributed by atoms with E-state index in [9.17, 15) is 17.3 Å². The van der Waals surface area contributed by atoms with Gasteiger partial charge in [0.1, 0.15) is 0 Å². The van der Waals surface area contributed by atoms with E-state index in [1.165, 1.54) is 25.8 Å². The summed E-state index contributed by atoms with van der Waals surface area (Å²) < 4.78 is 40.3. The highest BCUT2D eigenvalue weighted by Gasteiger charge is 2.20. The number of halogens is 5. The minimum atomic E-state index is -6.00. The van der Waals surface area contributed by atoms with E-state index in [4.69, 9.17) is 5.73 Å². The topological polar surface area (TPSA) is 26.0 Å². The van der Waals surface area contributed by atoms with Crippen molar-refractivity contribution in [3.05, 3.63) is 57.2 Å². The van der Waals surface area contributed by atoms with E-state index >= 15 is 0 Å². The third kappa shape index (κ3) is 7.35. The third-order valence-electron chi connectivity index (χ3n) is 3.16. The summed E-state index contributed by atoms with van der Waals surface area (Å²) in [5.41, 5.74) is 10.8. The largest absolute Gasteiger partial charge is 0.673 e. The number of benzene rings is 2. The second-order valence-corrected chi connectivity index (χ2v) is 6.45. The molecule has 2 N–H and O–H groups in total. The van der Waals surface area contributed by atoms with Crippen molar-refractivity contribution >= 4 is 29.8 Å². The van der Waals surface area contributed by atoms with Gasteiger partial charge in [0.15, 0.2) is 0 Å². The van der Waals surface area contributed by atoms with Gasteiger partial charge in [0.05, 0.1) is 0 Å². The van der Waals surface area contributed by atoms with E-state index < -0.39 is 7.25 Å². The van der Waals surface area contributed by atoms with E-state index in [2.05, 4.69) is 78.9 Å². The molecule has 2 aromatic carbocycles. The smallest absolute Gasteiger partial charge is 0.418 e. The van der Waals surface area contributed by atoms with Gasteiger partial charge in [-0.1, -0.05) is 44.2 Å². The summed E-state index contributed by atoms with van der Waals surface area (Å²) in [5.74, 6) is 0.559. The lowest BCUT2D eigenvalue weighted by Crippen LogP contribution is -2.02. The maximum absolute atomic E-state index is 9.75. The Hall–Kier alpha value is -1.09. The lowest BCUT2D eigenvalue weighted by Gasteiger charge is -2.11. The van der Waals surface area contributed by atoms with E-state index in [1.54, 1.807) is 0 Å². The summed E-state index contributed by atoms with van der Waals surface area (Å²) in [4.78, 5) is 0. The predicted octanol–water partition coefficient (Wildman–Crippen LogP) is 5.84. The van der Waals surface area contributed by atoms with E-state index in [1.807, 2.05) is 0 Å². The Morgan fingerprint density at radius 1 is 1.00 bits per heavy atom. The third-order valence-corrected chi connectivity index (χ3v) is 4.10. The van der Waals surface area contributed by atoms with Crippen LogP contribution in [0.3, 0.4) is 0 Å². The van der Waals surface area contributed by atoms with Crippen LogP contribution in [0.1, 0.15) is 30.9 Å². The second kappa shape index (κ2) is 8.68. The molecule has 23 heavy (non-hydrogen) atoms. The molecule has 0 saturated heterocycles. The van der Waals surface area contributed by atoms with Crippen LogP contribution < -0.4 is 5.73 Å². The van der Waals surface area contributed by atoms with Crippen LogP contribution in [0.4, 0.5) is 17.3 Å². The summed E-state index contributed by atoms with van der Waals surface area (Å²) >= 11 is 2.40. The highest BCUT2D eigenvalue weighted by atomic mass is 127. The Labute approximate surface area is 147 Å². The fraction of sp³-hybridized carbons (Fsp3) is 0.250. The number of rotatable bonds is 3. The van der Waals surface area contributed by atoms with Crippen molar-refractivity contribution in [2.75, 3.05) is 0 Å². The van der Waals surface area contributed by atoms with Crippen molar-refractivity contribution < 1.29 is 17.3 Å². The first-order valence-corrected chi connectivity index (χ1v) is 8.16. The quantitative estimate of drug-likeness (QED) is 0.364. The summed E-state index contributed by atoms with van der Waals surface area (Å²) in [7, 11) is -6.00. The van der Waals surface area contributed by atoms with Crippen molar-refractivity contribution in [3.63, 3.8) is 0 Å². The molecule has 0 aromatic heterocycles. The lowest BCUT2D eigenvalue weighted by atomic mass is 9.97. The van der Waals surface area contributed by atoms with Gasteiger partial charge in [0.25, 0.3) is 0 Å². The van der Waals surface area contributed by atoms with Crippen LogP contribution in [0.25, 0.3) is 11.1 Å². The second-order valence-electron chi connectivity index (χ2n) is 5.29. The zero-order chi connectivity index (χ0) is 17.6. The molecule has 7 heteroatoms. The van der Waals surface area contributed by atoms with Crippen LogP contribution in [-0.2, 0) is 6.54 Å². The molecule has 0 saturated carbocycles. The molecule has 2 rings (SSSR count). The summed E-state index contributed by atoms with van der Waals surface area (Å²) in [6, 6.07) is 15.2. The molecule has 126 valence electrons. The van der Waals surface area contributed by atoms with Gasteiger partial charge in [-0.05, 0) is 62.9 Å². The zero-order valence-electron chi connectivity index (χ0n) is 12.9. The lowest BCUT2D eigenvalue weighted by molar-refractivity contribution is 0.368. The van der Waals surface area contributed by atoms with Crippen molar-refractivity contribution in [1.82, 2.24) is 0 Å². The van der Waals surface area contributed by atoms with Gasteiger partial charge in [0.2, 0.25) is 0 Å². The zero-order valence-corrected chi connectivity index (χ0v) is 15.0. The van der Waals surface area contributed by atoms with Crippen LogP contribution in [0.5, 0.6) is 0 Å². The molecule has 0 spiro atoms. The molecule has 1 nitrogen and oxygen atoms in total. The Kier molecular flexibility index (Phi) is 7.53. The standard InChI is InChI=1S/C16H18IN.BF4/c1-11(2)14-7-8-16(17)15(9-14)13-5-3-12(10-18)4-6-13;2-1(3,4)5/h3-9,11H,10,18H2,1-2H3;/q;-1. The van der Waals surface area contributed by atoms with Crippen LogP contribution in [-0.4, -0.2) is 7.25 Å². The number of hydrogen-bond acceptors (Lipinski definition) is 1. The van der Waals surface area contributed by atoms with Crippen LogP contribution in [0, 0.1) is 3.57 Å². The maximum Gasteiger partial charge on any atom is 0.673 e. The van der Waals surface area contributed by atoms with Crippen molar-refractivity contribution in [1.29, 1.82) is 0 Å². The van der Waals surface area contributed by atoms with E-state index in [0.717, 1.165) is 0 Å². The minimum absolute atomic E-state index is 0.559. The molecule has 0 atom stereocenters. The Morgan fingerprint density at radius 3 is 1.96 bits per heavy atom. The summed E-state index contributed by atoms with van der Waals surface area (Å²) in [6.07, 6.45) is 0. The minimum Gasteiger partial charge on any atom is -0.418 e. The fourth-order valence-electron chi connectivity index (χ4n) is 1.94. The fourth-order valence-corrected chi connectivity index (χ4v) is 2.59. The van der Waals surface area contributed by atoms with Crippen molar-refractivity contribution in [3.8, 4) is 11.1 Å². The van der Waals surface area contributed by atoms with Crippen molar-refractivity contribution in [2.45, 2.75) is 26.3 Å². The van der Waals surface area contributed by atoms with Gasteiger partial charge in [0, 0.05) is 10.1 Å². The van der Waals surface area contributed by atoms with E-state index in [0.29, 0.717) is 12.5 Å². The van der Waals surface area contributed by atoms with Crippen LogP contribution in [0.2, 0.25) is 0 Å². The first kappa shape index (κ1) is 20.0. The molecule has 0 bridgehead atoms. The SMILES string of the molecule is CC(C)c1ccc(I)c(-c2ccc(CN)cc2)c1.F[B-](F)(F)F. The average molecular weight is 438 g/mol. The highest BCUT2D eigenvalue weighted by molar-refractivity contribution is 14.1. The summed E-state index contributed by atoms with van der Waals surface area (Å²) in [5, 5.41) is 0. The van der Waals surface area contributed by atoms with Gasteiger partial charge in [-0.2, -0.15) is 0 Å².